The SMILES string of the molecule is CCOC1CCC(C(=O)N2CCN(c3cccc(COC(=O)CC(=N)N)c3F)CC2)CC1. The van der Waals surface area contributed by atoms with Gasteiger partial charge < -0.3 is 25.0 Å². The maximum atomic E-state index is 15.0. The van der Waals surface area contributed by atoms with Crippen molar-refractivity contribution in [3.63, 3.8) is 0 Å². The third kappa shape index (κ3) is 6.18. The highest BCUT2D eigenvalue weighted by atomic mass is 19.1. The summed E-state index contributed by atoms with van der Waals surface area (Å²) < 4.78 is 25.7. The summed E-state index contributed by atoms with van der Waals surface area (Å²) >= 11 is 0. The van der Waals surface area contributed by atoms with Crippen molar-refractivity contribution >= 4 is 23.4 Å². The fraction of sp³-hybridized carbons (Fsp3) is 0.609. The van der Waals surface area contributed by atoms with Crippen LogP contribution in [0.1, 0.15) is 44.6 Å². The van der Waals surface area contributed by atoms with E-state index < -0.39 is 11.8 Å². The number of carbonyl (C=O) groups excluding carboxylic acids is 2. The number of nitrogens with zero attached hydrogens (tertiary/aromatic N) is 2. The van der Waals surface area contributed by atoms with E-state index in [1.165, 1.54) is 0 Å². The molecule has 8 nitrogen and oxygen atoms in total. The van der Waals surface area contributed by atoms with Crippen LogP contribution in [0.15, 0.2) is 18.2 Å². The van der Waals surface area contributed by atoms with E-state index in [1.54, 1.807) is 18.2 Å². The van der Waals surface area contributed by atoms with Gasteiger partial charge in [-0.1, -0.05) is 12.1 Å². The molecule has 176 valence electrons. The van der Waals surface area contributed by atoms with Crippen LogP contribution in [0.5, 0.6) is 0 Å². The van der Waals surface area contributed by atoms with E-state index in [9.17, 15) is 9.59 Å². The van der Waals surface area contributed by atoms with E-state index in [0.717, 1.165) is 25.7 Å². The molecule has 1 aromatic rings. The Balaban J connectivity index is 1.52. The number of rotatable bonds is 8. The van der Waals surface area contributed by atoms with Crippen LogP contribution in [-0.4, -0.2) is 61.5 Å². The molecule has 0 spiro atoms. The average molecular weight is 449 g/mol. The van der Waals surface area contributed by atoms with Crippen molar-refractivity contribution in [3.05, 3.63) is 29.6 Å². The molecule has 32 heavy (non-hydrogen) atoms. The highest BCUT2D eigenvalue weighted by Gasteiger charge is 2.31. The van der Waals surface area contributed by atoms with Crippen LogP contribution in [0.3, 0.4) is 0 Å². The number of nitrogens with one attached hydrogen (secondary N) is 1. The van der Waals surface area contributed by atoms with Gasteiger partial charge in [0.05, 0.1) is 11.8 Å². The molecule has 1 aromatic carbocycles. The molecule has 1 aliphatic carbocycles. The minimum absolute atomic E-state index is 0.0583. The van der Waals surface area contributed by atoms with Gasteiger partial charge in [0, 0.05) is 44.3 Å². The predicted octanol–water partition coefficient (Wildman–Crippen LogP) is 2.44. The lowest BCUT2D eigenvalue weighted by atomic mass is 9.86. The number of benzene rings is 1. The number of hydrogen-bond acceptors (Lipinski definition) is 6. The Hall–Kier alpha value is -2.68. The van der Waals surface area contributed by atoms with E-state index in [-0.39, 0.29) is 42.4 Å². The smallest absolute Gasteiger partial charge is 0.313 e. The number of carbonyl (C=O) groups is 2. The van der Waals surface area contributed by atoms with Crippen molar-refractivity contribution in [2.75, 3.05) is 37.7 Å². The predicted molar refractivity (Wildman–Crippen MR) is 119 cm³/mol. The van der Waals surface area contributed by atoms with Gasteiger partial charge >= 0.3 is 5.97 Å². The highest BCUT2D eigenvalue weighted by Crippen LogP contribution is 2.29. The Bertz CT molecular complexity index is 818. The monoisotopic (exact) mass is 448 g/mol. The highest BCUT2D eigenvalue weighted by molar-refractivity contribution is 5.94. The van der Waals surface area contributed by atoms with Crippen molar-refractivity contribution in [2.45, 2.75) is 51.7 Å². The molecule has 1 heterocycles. The number of ether oxygens (including phenoxy) is 2. The summed E-state index contributed by atoms with van der Waals surface area (Å²) in [6.07, 6.45) is 3.55. The molecule has 9 heteroatoms. The van der Waals surface area contributed by atoms with Gasteiger partial charge in [-0.05, 0) is 38.7 Å². The van der Waals surface area contributed by atoms with Crippen LogP contribution in [0, 0.1) is 17.1 Å². The second-order valence-corrected chi connectivity index (χ2v) is 8.35. The molecule has 1 amide bonds. The van der Waals surface area contributed by atoms with Gasteiger partial charge in [0.1, 0.15) is 18.9 Å². The van der Waals surface area contributed by atoms with Crippen molar-refractivity contribution < 1.29 is 23.5 Å². The fourth-order valence-corrected chi connectivity index (χ4v) is 4.42. The molecule has 0 unspecified atom stereocenters. The van der Waals surface area contributed by atoms with Crippen LogP contribution < -0.4 is 10.6 Å². The molecule has 1 aliphatic heterocycles. The zero-order valence-corrected chi connectivity index (χ0v) is 18.6. The largest absolute Gasteiger partial charge is 0.460 e. The van der Waals surface area contributed by atoms with Gasteiger partial charge in [0.2, 0.25) is 5.91 Å². The minimum atomic E-state index is -0.662. The second kappa shape index (κ2) is 11.3. The van der Waals surface area contributed by atoms with E-state index in [0.29, 0.717) is 38.5 Å². The Kier molecular flexibility index (Phi) is 8.44. The number of amidine groups is 1. The molecule has 1 saturated heterocycles. The first kappa shape index (κ1) is 24.0. The fourth-order valence-electron chi connectivity index (χ4n) is 4.42. The minimum Gasteiger partial charge on any atom is -0.460 e. The Morgan fingerprint density at radius 3 is 2.47 bits per heavy atom. The number of halogens is 1. The lowest BCUT2D eigenvalue weighted by Gasteiger charge is -2.39. The zero-order chi connectivity index (χ0) is 23.1. The molecule has 0 bridgehead atoms. The average Bonchev–Trinajstić information content (AvgIpc) is 2.78. The molecule has 0 atom stereocenters. The van der Waals surface area contributed by atoms with Crippen molar-refractivity contribution in [1.29, 1.82) is 5.41 Å². The summed E-state index contributed by atoms with van der Waals surface area (Å²) in [5, 5.41) is 7.12. The Labute approximate surface area is 188 Å². The summed E-state index contributed by atoms with van der Waals surface area (Å²) in [5.41, 5.74) is 5.89. The quantitative estimate of drug-likeness (QED) is 0.359. The van der Waals surface area contributed by atoms with Crippen LogP contribution >= 0.6 is 0 Å². The first-order valence-electron chi connectivity index (χ1n) is 11.3. The summed E-state index contributed by atoms with van der Waals surface area (Å²) in [6.45, 7) is 4.70. The molecule has 3 rings (SSSR count). The van der Waals surface area contributed by atoms with E-state index in [1.807, 2.05) is 16.7 Å². The first-order valence-corrected chi connectivity index (χ1v) is 11.3. The van der Waals surface area contributed by atoms with Crippen molar-refractivity contribution in [2.24, 2.45) is 11.7 Å². The third-order valence-electron chi connectivity index (χ3n) is 6.14. The topological polar surface area (TPSA) is 109 Å². The van der Waals surface area contributed by atoms with Gasteiger partial charge in [-0.15, -0.1) is 0 Å². The lowest BCUT2D eigenvalue weighted by Crippen LogP contribution is -2.51. The number of hydrogen-bond donors (Lipinski definition) is 2. The molecular weight excluding hydrogens is 415 g/mol. The molecule has 3 N–H and O–H groups in total. The summed E-state index contributed by atoms with van der Waals surface area (Å²) in [7, 11) is 0. The molecule has 1 saturated carbocycles. The van der Waals surface area contributed by atoms with Crippen molar-refractivity contribution in [3.8, 4) is 0 Å². The van der Waals surface area contributed by atoms with Crippen LogP contribution in [-0.2, 0) is 25.7 Å². The number of nitrogens with two attached hydrogens (primary N) is 1. The van der Waals surface area contributed by atoms with Gasteiger partial charge in [0.15, 0.2) is 5.82 Å². The summed E-state index contributed by atoms with van der Waals surface area (Å²) in [4.78, 5) is 28.3. The molecule has 2 aliphatic rings. The van der Waals surface area contributed by atoms with Crippen LogP contribution in [0.25, 0.3) is 0 Å². The van der Waals surface area contributed by atoms with E-state index in [2.05, 4.69) is 0 Å². The number of amides is 1. The van der Waals surface area contributed by atoms with Gasteiger partial charge in [-0.25, -0.2) is 4.39 Å². The summed E-state index contributed by atoms with van der Waals surface area (Å²) in [6, 6.07) is 4.99. The Morgan fingerprint density at radius 1 is 1.16 bits per heavy atom. The van der Waals surface area contributed by atoms with Gasteiger partial charge in [-0.3, -0.25) is 15.0 Å². The number of esters is 1. The molecule has 2 fully saturated rings. The van der Waals surface area contributed by atoms with Gasteiger partial charge in [0.25, 0.3) is 0 Å². The van der Waals surface area contributed by atoms with Crippen molar-refractivity contribution in [1.82, 2.24) is 4.90 Å². The molecule has 0 radical (unpaired) electrons. The summed E-state index contributed by atoms with van der Waals surface area (Å²) in [5.74, 6) is -1.13. The maximum absolute atomic E-state index is 15.0. The number of anilines is 1. The number of piperazine rings is 1. The second-order valence-electron chi connectivity index (χ2n) is 8.35. The standard InChI is InChI=1S/C23H33FN4O4/c1-2-31-18-8-6-16(7-9-18)23(30)28-12-10-27(11-13-28)19-5-3-4-17(22(19)24)15-32-21(29)14-20(25)26/h3-5,16,18H,2,6-15H2,1H3,(H3,25,26). The first-order chi connectivity index (χ1) is 15.4. The molecule has 0 aromatic heterocycles. The molecular formula is C23H33FN4O4. The van der Waals surface area contributed by atoms with Gasteiger partial charge in [-0.2, -0.15) is 0 Å². The van der Waals surface area contributed by atoms with Crippen LogP contribution in [0.2, 0.25) is 0 Å². The normalized spacial score (nSPS) is 21.3. The maximum Gasteiger partial charge on any atom is 0.313 e. The lowest BCUT2D eigenvalue weighted by molar-refractivity contribution is -0.143. The Morgan fingerprint density at radius 2 is 1.84 bits per heavy atom. The van der Waals surface area contributed by atoms with E-state index in [4.69, 9.17) is 20.6 Å². The van der Waals surface area contributed by atoms with Crippen LogP contribution in [0.4, 0.5) is 10.1 Å². The third-order valence-corrected chi connectivity index (χ3v) is 6.14. The van der Waals surface area contributed by atoms with E-state index >= 15 is 4.39 Å². The zero-order valence-electron chi connectivity index (χ0n) is 18.6.